The molecule has 0 amide bonds. The molecule has 0 radical (unpaired) electrons. The van der Waals surface area contributed by atoms with Gasteiger partial charge in [-0.1, -0.05) is 0 Å². The summed E-state index contributed by atoms with van der Waals surface area (Å²) in [4.78, 5) is 0. The topological polar surface area (TPSA) is 0 Å². The first-order valence-corrected chi connectivity index (χ1v) is 3.98. The number of thiocarbonyl (C=S) groups is 1. The van der Waals surface area contributed by atoms with Gasteiger partial charge in [0.1, 0.15) is 0 Å². The molecule has 0 heterocycles. The Morgan fingerprint density at radius 1 is 2.00 bits per heavy atom. The van der Waals surface area contributed by atoms with Crippen LogP contribution >= 0.6 is 12.2 Å². The molecule has 0 saturated heterocycles. The van der Waals surface area contributed by atoms with Gasteiger partial charge in [-0.05, 0) is 0 Å². The van der Waals surface area contributed by atoms with Crippen molar-refractivity contribution in [3.63, 3.8) is 0 Å². The summed E-state index contributed by atoms with van der Waals surface area (Å²) in [7, 11) is 0. The average molecular weight is 157 g/mol. The molecule has 3 heteroatoms. The normalized spacial score (nSPS) is 7.60. The van der Waals surface area contributed by atoms with E-state index in [9.17, 15) is 4.39 Å². The SMILES string of the molecule is C[Se]C(F)=S. The fourth-order valence-corrected chi connectivity index (χ4v) is 0. The first-order valence-electron chi connectivity index (χ1n) is 1.01. The van der Waals surface area contributed by atoms with Crippen molar-refractivity contribution in [3.8, 4) is 0 Å². The fraction of sp³-hybridized carbons (Fsp3) is 0.500. The third-order valence-corrected chi connectivity index (χ3v) is 1.70. The zero-order valence-electron chi connectivity index (χ0n) is 2.69. The predicted octanol–water partition coefficient (Wildman–Crippen LogP) is 0.993. The van der Waals surface area contributed by atoms with Crippen LogP contribution in [0.5, 0.6) is 0 Å². The van der Waals surface area contributed by atoms with E-state index < -0.39 is 0 Å². The molecule has 0 unspecified atom stereocenters. The van der Waals surface area contributed by atoms with Gasteiger partial charge in [0.25, 0.3) is 0 Å². The Kier molecular flexibility index (Phi) is 3.06. The van der Waals surface area contributed by atoms with Gasteiger partial charge in [0.15, 0.2) is 0 Å². The first-order chi connectivity index (χ1) is 2.27. The van der Waals surface area contributed by atoms with Crippen LogP contribution in [0.25, 0.3) is 0 Å². The molecular formula is C2H3FSSe. The molecule has 0 aliphatic rings. The van der Waals surface area contributed by atoms with Crippen molar-refractivity contribution in [1.29, 1.82) is 0 Å². The van der Waals surface area contributed by atoms with Crippen molar-refractivity contribution >= 4 is 31.2 Å². The van der Waals surface area contributed by atoms with Crippen LogP contribution in [0.2, 0.25) is 5.82 Å². The van der Waals surface area contributed by atoms with Crippen LogP contribution < -0.4 is 0 Å². The van der Waals surface area contributed by atoms with E-state index in [0.29, 0.717) is 0 Å². The standard InChI is InChI=1S/C2H3FSSe/c1-5-2(3)4/h1H3. The summed E-state index contributed by atoms with van der Waals surface area (Å²) in [6, 6.07) is 0. The van der Waals surface area contributed by atoms with Crippen LogP contribution in [0, 0.1) is 0 Å². The Hall–Kier alpha value is 0.539. The van der Waals surface area contributed by atoms with E-state index in [4.69, 9.17) is 0 Å². The molecule has 0 atom stereocenters. The molecule has 0 aromatic rings. The molecule has 0 rings (SSSR count). The van der Waals surface area contributed by atoms with E-state index in [1.807, 2.05) is 0 Å². The Labute approximate surface area is 41.9 Å². The maximum atomic E-state index is 11.2. The van der Waals surface area contributed by atoms with E-state index in [-0.39, 0.29) is 19.0 Å². The molecule has 5 heavy (non-hydrogen) atoms. The molecule has 0 saturated carbocycles. The van der Waals surface area contributed by atoms with Gasteiger partial charge in [-0.25, -0.2) is 0 Å². The van der Waals surface area contributed by atoms with Crippen LogP contribution in [0.15, 0.2) is 0 Å². The van der Waals surface area contributed by atoms with Gasteiger partial charge >= 0.3 is 41.4 Å². The molecular weight excluding hydrogens is 154 g/mol. The number of rotatable bonds is 1. The summed E-state index contributed by atoms with van der Waals surface area (Å²) < 4.78 is 10.8. The van der Waals surface area contributed by atoms with Crippen LogP contribution in [0.1, 0.15) is 0 Å². The van der Waals surface area contributed by atoms with Gasteiger partial charge in [0.05, 0.1) is 0 Å². The third-order valence-electron chi connectivity index (χ3n) is 0.160. The Balaban J connectivity index is 2.85. The second kappa shape index (κ2) is 2.76. The molecule has 0 aliphatic heterocycles. The molecule has 0 spiro atoms. The minimum atomic E-state index is -0.350. The average Bonchev–Trinajstić information content (AvgIpc) is 1.38. The van der Waals surface area contributed by atoms with Crippen molar-refractivity contribution in [2.45, 2.75) is 5.82 Å². The number of halogens is 1. The molecule has 0 aromatic carbocycles. The van der Waals surface area contributed by atoms with E-state index in [1.54, 1.807) is 5.82 Å². The summed E-state index contributed by atoms with van der Waals surface area (Å²) in [6.45, 7) is 0. The molecule has 0 nitrogen and oxygen atoms in total. The van der Waals surface area contributed by atoms with Crippen LogP contribution in [-0.4, -0.2) is 19.0 Å². The summed E-state index contributed by atoms with van der Waals surface area (Å²) in [5.74, 6) is 1.75. The van der Waals surface area contributed by atoms with Crippen LogP contribution in [0.3, 0.4) is 0 Å². The predicted molar refractivity (Wildman–Crippen MR) is 25.3 cm³/mol. The molecule has 0 bridgehead atoms. The van der Waals surface area contributed by atoms with Gasteiger partial charge in [0.2, 0.25) is 0 Å². The minimum absolute atomic E-state index is 0.0602. The zero-order valence-corrected chi connectivity index (χ0v) is 5.22. The number of hydrogen-bond donors (Lipinski definition) is 0. The van der Waals surface area contributed by atoms with E-state index in [0.717, 1.165) is 0 Å². The van der Waals surface area contributed by atoms with Crippen molar-refractivity contribution in [2.75, 3.05) is 0 Å². The van der Waals surface area contributed by atoms with E-state index in [1.165, 1.54) is 0 Å². The van der Waals surface area contributed by atoms with Crippen LogP contribution in [-0.2, 0) is 0 Å². The number of hydrogen-bond acceptors (Lipinski definition) is 1. The van der Waals surface area contributed by atoms with Crippen molar-refractivity contribution in [3.05, 3.63) is 0 Å². The Morgan fingerprint density at radius 2 is 2.20 bits per heavy atom. The first kappa shape index (κ1) is 5.54. The summed E-state index contributed by atoms with van der Waals surface area (Å²) in [6.07, 6.45) is 0. The summed E-state index contributed by atoms with van der Waals surface area (Å²) in [5.41, 5.74) is 0. The maximum absolute atomic E-state index is 11.2. The molecule has 0 fully saturated rings. The van der Waals surface area contributed by atoms with Crippen molar-refractivity contribution < 1.29 is 4.39 Å². The summed E-state index contributed by atoms with van der Waals surface area (Å²) >= 11 is 4.00. The van der Waals surface area contributed by atoms with Gasteiger partial charge in [0, 0.05) is 0 Å². The van der Waals surface area contributed by atoms with Crippen molar-refractivity contribution in [2.24, 2.45) is 0 Å². The Morgan fingerprint density at radius 3 is 2.20 bits per heavy atom. The van der Waals surface area contributed by atoms with Gasteiger partial charge in [-0.15, -0.1) is 0 Å². The molecule has 0 N–H and O–H groups in total. The van der Waals surface area contributed by atoms with Crippen LogP contribution in [0.4, 0.5) is 4.39 Å². The molecule has 0 aliphatic carbocycles. The van der Waals surface area contributed by atoms with Crippen molar-refractivity contribution in [1.82, 2.24) is 0 Å². The quantitative estimate of drug-likeness (QED) is 0.311. The Bertz CT molecular complexity index is 44.9. The molecule has 30 valence electrons. The zero-order chi connectivity index (χ0) is 4.28. The monoisotopic (exact) mass is 158 g/mol. The molecule has 0 aromatic heterocycles. The summed E-state index contributed by atoms with van der Waals surface area (Å²) in [5, 5.41) is 0. The van der Waals surface area contributed by atoms with E-state index in [2.05, 4.69) is 12.2 Å². The fourth-order valence-electron chi connectivity index (χ4n) is 0. The van der Waals surface area contributed by atoms with E-state index >= 15 is 0 Å². The second-order valence-electron chi connectivity index (χ2n) is 0.442. The third kappa shape index (κ3) is 4.54. The second-order valence-corrected chi connectivity index (χ2v) is 2.99. The van der Waals surface area contributed by atoms with Gasteiger partial charge in [-0.2, -0.15) is 0 Å². The van der Waals surface area contributed by atoms with Gasteiger partial charge in [-0.3, -0.25) is 0 Å². The van der Waals surface area contributed by atoms with Gasteiger partial charge < -0.3 is 0 Å².